The van der Waals surface area contributed by atoms with Crippen LogP contribution in [0.3, 0.4) is 0 Å². The van der Waals surface area contributed by atoms with Crippen LogP contribution >= 0.6 is 11.8 Å². The Labute approximate surface area is 321 Å². The minimum absolute atomic E-state index is 0.210. The van der Waals surface area contributed by atoms with E-state index in [4.69, 9.17) is 21.7 Å². The smallest absolute Gasteiger partial charge is 0.308 e. The van der Waals surface area contributed by atoms with Gasteiger partial charge in [0.2, 0.25) is 5.82 Å². The highest BCUT2D eigenvalue weighted by molar-refractivity contribution is 6.38. The number of imidazole rings is 1. The van der Waals surface area contributed by atoms with E-state index in [0.717, 1.165) is 114 Å². The van der Waals surface area contributed by atoms with E-state index in [2.05, 4.69) is 39.2 Å². The number of pyridine rings is 2. The normalized spacial score (nSPS) is 19.2. The molecule has 3 aromatic heterocycles. The van der Waals surface area contributed by atoms with E-state index < -0.39 is 5.97 Å². The van der Waals surface area contributed by atoms with Crippen molar-refractivity contribution in [3.63, 3.8) is 0 Å². The Hall–Kier alpha value is -4.84. The molecule has 2 aromatic carbocycles. The molecule has 0 radical (unpaired) electrons. The van der Waals surface area contributed by atoms with Gasteiger partial charge in [-0.15, -0.1) is 0 Å². The van der Waals surface area contributed by atoms with Gasteiger partial charge in [-0.25, -0.2) is 14.4 Å². The number of amides is 1. The van der Waals surface area contributed by atoms with Crippen molar-refractivity contribution in [3.8, 4) is 11.1 Å². The number of carboxylic acid groups (broad SMARTS) is 1. The summed E-state index contributed by atoms with van der Waals surface area (Å²) in [5.74, 6) is 0.241. The highest BCUT2D eigenvalue weighted by Crippen LogP contribution is 2.35. The Bertz CT molecular complexity index is 2190. The zero-order chi connectivity index (χ0) is 37.3. The first-order valence-corrected chi connectivity index (χ1v) is 19.5. The SMILES string of the molecule is Cc1c(Nc2nccc3cc(CN4CCCC4)cnc23)cccc1-c1cccc(N(Cl)C(=O)c2nc3c(n2C)CCN(CC2CCC(C(=O)O)CC2)C3)c1. The van der Waals surface area contributed by atoms with E-state index in [9.17, 15) is 14.7 Å². The lowest BCUT2D eigenvalue weighted by Crippen LogP contribution is -2.36. The molecule has 5 heterocycles. The van der Waals surface area contributed by atoms with Gasteiger partial charge in [-0.1, -0.05) is 24.3 Å². The van der Waals surface area contributed by atoms with E-state index in [1.54, 1.807) is 0 Å². The largest absolute Gasteiger partial charge is 0.481 e. The number of hydrogen-bond acceptors (Lipinski definition) is 8. The van der Waals surface area contributed by atoms with Crippen LogP contribution in [-0.2, 0) is 31.4 Å². The van der Waals surface area contributed by atoms with Crippen LogP contribution in [0.25, 0.3) is 22.0 Å². The summed E-state index contributed by atoms with van der Waals surface area (Å²) in [6.07, 6.45) is 10.5. The van der Waals surface area contributed by atoms with Crippen molar-refractivity contribution in [2.75, 3.05) is 35.9 Å². The lowest BCUT2D eigenvalue weighted by molar-refractivity contribution is -0.143. The molecule has 0 bridgehead atoms. The molecule has 12 heteroatoms. The van der Waals surface area contributed by atoms with Crippen molar-refractivity contribution >= 4 is 51.7 Å². The van der Waals surface area contributed by atoms with Crippen LogP contribution in [-0.4, -0.2) is 72.5 Å². The third kappa shape index (κ3) is 7.45. The second-order valence-electron chi connectivity index (χ2n) is 15.2. The number of carbonyl (C=O) groups excluding carboxylic acids is 1. The van der Waals surface area contributed by atoms with Crippen LogP contribution in [0.4, 0.5) is 17.2 Å². The fourth-order valence-corrected chi connectivity index (χ4v) is 8.76. The minimum Gasteiger partial charge on any atom is -0.481 e. The van der Waals surface area contributed by atoms with Crippen LogP contribution < -0.4 is 9.74 Å². The molecular formula is C42H47ClN8O3. The minimum atomic E-state index is -0.673. The van der Waals surface area contributed by atoms with Gasteiger partial charge in [0.25, 0.3) is 0 Å². The molecule has 1 amide bonds. The Morgan fingerprint density at radius 2 is 1.78 bits per heavy atom. The molecule has 0 atom stereocenters. The first kappa shape index (κ1) is 36.2. The standard InChI is InChI=1S/C42H47ClN8O3/c1-27-34(9-6-10-35(27)46-39-38-32(15-17-44-39)21-29(23-45-38)25-49-18-3-4-19-49)31-7-5-8-33(22-31)51(43)41(52)40-47-36-26-50(20-16-37(36)48(40)2)24-28-11-13-30(14-12-28)42(53)54/h5-10,15,17,21-23,28,30H,3-4,11-14,16,18-20,24-26H2,1-2H3,(H,44,46)(H,53,54). The predicted molar refractivity (Wildman–Crippen MR) is 212 cm³/mol. The molecule has 3 aliphatic rings. The molecule has 0 unspecified atom stereocenters. The summed E-state index contributed by atoms with van der Waals surface area (Å²) in [5.41, 5.74) is 8.44. The molecule has 2 N–H and O–H groups in total. The van der Waals surface area contributed by atoms with E-state index in [0.29, 0.717) is 29.8 Å². The van der Waals surface area contributed by atoms with Crippen LogP contribution in [0.1, 0.15) is 71.7 Å². The topological polar surface area (TPSA) is 120 Å². The summed E-state index contributed by atoms with van der Waals surface area (Å²) in [5, 5.41) is 14.0. The molecule has 54 heavy (non-hydrogen) atoms. The van der Waals surface area contributed by atoms with Crippen molar-refractivity contribution in [2.45, 2.75) is 65.0 Å². The van der Waals surface area contributed by atoms with Crippen LogP contribution in [0.2, 0.25) is 0 Å². The number of likely N-dealkylation sites (tertiary alicyclic amines) is 1. The van der Waals surface area contributed by atoms with Gasteiger partial charge < -0.3 is 15.0 Å². The molecular weight excluding hydrogens is 700 g/mol. The van der Waals surface area contributed by atoms with E-state index in [-0.39, 0.29) is 11.8 Å². The number of nitrogens with zero attached hydrogens (tertiary/aromatic N) is 7. The van der Waals surface area contributed by atoms with Crippen molar-refractivity contribution in [1.82, 2.24) is 29.3 Å². The fourth-order valence-electron chi connectivity index (χ4n) is 8.58. The van der Waals surface area contributed by atoms with Gasteiger partial charge in [0, 0.05) is 80.6 Å². The number of hydrogen-bond donors (Lipinski definition) is 2. The van der Waals surface area contributed by atoms with E-state index in [1.165, 1.54) is 18.4 Å². The van der Waals surface area contributed by atoms with Crippen LogP contribution in [0, 0.1) is 18.8 Å². The summed E-state index contributed by atoms with van der Waals surface area (Å²) in [6, 6.07) is 18.0. The number of nitrogens with one attached hydrogen (secondary N) is 1. The molecule has 11 nitrogen and oxygen atoms in total. The highest BCUT2D eigenvalue weighted by Gasteiger charge is 2.31. The average Bonchev–Trinajstić information content (AvgIpc) is 3.82. The van der Waals surface area contributed by atoms with E-state index >= 15 is 0 Å². The second kappa shape index (κ2) is 15.5. The summed E-state index contributed by atoms with van der Waals surface area (Å²) in [6.45, 7) is 7.75. The Balaban J connectivity index is 0.962. The summed E-state index contributed by atoms with van der Waals surface area (Å²) < 4.78 is 3.05. The predicted octanol–water partition coefficient (Wildman–Crippen LogP) is 7.73. The second-order valence-corrected chi connectivity index (χ2v) is 15.6. The average molecular weight is 747 g/mol. The molecule has 1 saturated carbocycles. The van der Waals surface area contributed by atoms with E-state index in [1.807, 2.05) is 66.5 Å². The Morgan fingerprint density at radius 3 is 2.57 bits per heavy atom. The molecule has 2 aliphatic heterocycles. The number of aliphatic carboxylic acids is 1. The van der Waals surface area contributed by atoms with Gasteiger partial charge in [-0.3, -0.25) is 24.4 Å². The molecule has 5 aromatic rings. The molecule has 8 rings (SSSR count). The summed E-state index contributed by atoms with van der Waals surface area (Å²) in [7, 11) is 1.89. The fraction of sp³-hybridized carbons (Fsp3) is 0.405. The number of carboxylic acids is 1. The number of halogens is 1. The van der Waals surface area contributed by atoms with Crippen molar-refractivity contribution < 1.29 is 14.7 Å². The number of anilines is 3. The maximum atomic E-state index is 13.9. The number of aromatic nitrogens is 4. The van der Waals surface area contributed by atoms with Crippen molar-refractivity contribution in [3.05, 3.63) is 95.3 Å². The first-order chi connectivity index (χ1) is 26.2. The quantitative estimate of drug-likeness (QED) is 0.138. The van der Waals surface area contributed by atoms with Gasteiger partial charge in [-0.2, -0.15) is 0 Å². The maximum Gasteiger partial charge on any atom is 0.308 e. The first-order valence-electron chi connectivity index (χ1n) is 19.1. The van der Waals surface area contributed by atoms with Gasteiger partial charge in [-0.05, 0) is 117 Å². The number of carbonyl (C=O) groups is 2. The Kier molecular flexibility index (Phi) is 10.4. The van der Waals surface area contributed by atoms with Crippen molar-refractivity contribution in [1.29, 1.82) is 0 Å². The monoisotopic (exact) mass is 746 g/mol. The van der Waals surface area contributed by atoms with Gasteiger partial charge in [0.1, 0.15) is 5.52 Å². The number of benzene rings is 2. The zero-order valence-electron chi connectivity index (χ0n) is 31.0. The maximum absolute atomic E-state index is 13.9. The zero-order valence-corrected chi connectivity index (χ0v) is 31.7. The summed E-state index contributed by atoms with van der Waals surface area (Å²) >= 11 is 6.82. The van der Waals surface area contributed by atoms with Crippen LogP contribution in [0.15, 0.2) is 67.0 Å². The lowest BCUT2D eigenvalue weighted by atomic mass is 9.81. The third-order valence-corrected chi connectivity index (χ3v) is 12.0. The molecule has 1 aliphatic carbocycles. The molecule has 0 spiro atoms. The Morgan fingerprint density at radius 1 is 0.981 bits per heavy atom. The van der Waals surface area contributed by atoms with Gasteiger partial charge >= 0.3 is 11.9 Å². The highest BCUT2D eigenvalue weighted by atomic mass is 35.5. The lowest BCUT2D eigenvalue weighted by Gasteiger charge is -2.33. The summed E-state index contributed by atoms with van der Waals surface area (Å²) in [4.78, 5) is 44.4. The van der Waals surface area contributed by atoms with Gasteiger partial charge in [0.15, 0.2) is 5.82 Å². The molecule has 2 fully saturated rings. The number of fused-ring (bicyclic) bond motifs is 2. The molecule has 280 valence electrons. The van der Waals surface area contributed by atoms with Crippen molar-refractivity contribution in [2.24, 2.45) is 18.9 Å². The van der Waals surface area contributed by atoms with Gasteiger partial charge in [0.05, 0.1) is 17.3 Å². The molecule has 1 saturated heterocycles. The number of rotatable bonds is 10. The van der Waals surface area contributed by atoms with Crippen LogP contribution in [0.5, 0.6) is 0 Å². The third-order valence-electron chi connectivity index (χ3n) is 11.6.